The quantitative estimate of drug-likeness (QED) is 0.447. The molecule has 0 N–H and O–H groups in total. The van der Waals surface area contributed by atoms with Crippen molar-refractivity contribution in [1.82, 2.24) is 4.90 Å². The summed E-state index contributed by atoms with van der Waals surface area (Å²) < 4.78 is 24.2. The van der Waals surface area contributed by atoms with Gasteiger partial charge in [0.15, 0.2) is 0 Å². The van der Waals surface area contributed by atoms with E-state index in [1.165, 1.54) is 24.3 Å². The van der Waals surface area contributed by atoms with Crippen LogP contribution in [0.3, 0.4) is 0 Å². The smallest absolute Gasteiger partial charge is 0.293 e. The third kappa shape index (κ3) is 4.58. The molecule has 0 aliphatic carbocycles. The molecule has 2 aromatic carbocycles. The van der Waals surface area contributed by atoms with Crippen LogP contribution < -0.4 is 4.74 Å². The van der Waals surface area contributed by atoms with E-state index in [2.05, 4.69) is 0 Å². The van der Waals surface area contributed by atoms with Crippen LogP contribution in [0.4, 0.5) is 9.18 Å². The van der Waals surface area contributed by atoms with Crippen LogP contribution >= 0.6 is 23.4 Å². The summed E-state index contributed by atoms with van der Waals surface area (Å²) in [6.45, 7) is 0.200. The van der Waals surface area contributed by atoms with Crippen molar-refractivity contribution in [3.63, 3.8) is 0 Å². The average molecular weight is 444 g/mol. The second-order valence-corrected chi connectivity index (χ2v) is 7.77. The molecule has 3 aromatic rings. The third-order valence-corrected chi connectivity index (χ3v) is 5.46. The minimum atomic E-state index is -0.405. The fourth-order valence-electron chi connectivity index (χ4n) is 2.81. The first-order chi connectivity index (χ1) is 14.5. The van der Waals surface area contributed by atoms with Crippen LogP contribution in [0.25, 0.3) is 17.4 Å². The molecular formula is C22H15ClFNO4S. The molecule has 0 atom stereocenters. The summed E-state index contributed by atoms with van der Waals surface area (Å²) >= 11 is 6.75. The number of thioether (sulfide) groups is 1. The maximum atomic E-state index is 12.9. The number of furan rings is 1. The van der Waals surface area contributed by atoms with Crippen LogP contribution in [0.1, 0.15) is 5.76 Å². The van der Waals surface area contributed by atoms with Crippen molar-refractivity contribution < 1.29 is 23.1 Å². The van der Waals surface area contributed by atoms with Crippen molar-refractivity contribution >= 4 is 40.6 Å². The van der Waals surface area contributed by atoms with Gasteiger partial charge in [-0.1, -0.05) is 11.6 Å². The minimum absolute atomic E-state index is 0.0908. The Bertz CT molecular complexity index is 1110. The molecule has 0 spiro atoms. The molecule has 0 saturated carbocycles. The lowest BCUT2D eigenvalue weighted by molar-refractivity contribution is -0.123. The molecule has 1 fully saturated rings. The summed E-state index contributed by atoms with van der Waals surface area (Å²) in [6, 6.07) is 16.2. The normalized spacial score (nSPS) is 15.3. The van der Waals surface area contributed by atoms with Gasteiger partial charge in [-0.25, -0.2) is 4.39 Å². The lowest BCUT2D eigenvalue weighted by atomic mass is 10.2. The molecule has 1 aromatic heterocycles. The first-order valence-corrected chi connectivity index (χ1v) is 10.2. The van der Waals surface area contributed by atoms with Gasteiger partial charge in [-0.3, -0.25) is 14.5 Å². The molecule has 0 unspecified atom stereocenters. The monoisotopic (exact) mass is 443 g/mol. The van der Waals surface area contributed by atoms with E-state index in [-0.39, 0.29) is 29.1 Å². The zero-order valence-corrected chi connectivity index (χ0v) is 17.1. The number of hydrogen-bond donors (Lipinski definition) is 0. The van der Waals surface area contributed by atoms with Crippen molar-refractivity contribution in [2.45, 2.75) is 0 Å². The Balaban J connectivity index is 1.40. The molecule has 30 heavy (non-hydrogen) atoms. The Kier molecular flexibility index (Phi) is 5.92. The lowest BCUT2D eigenvalue weighted by Gasteiger charge is -2.13. The largest absolute Gasteiger partial charge is 0.492 e. The Morgan fingerprint density at radius 2 is 1.77 bits per heavy atom. The lowest BCUT2D eigenvalue weighted by Crippen LogP contribution is -2.32. The SMILES string of the molecule is O=C1S/C(=C\c2ccc(-c3ccc(Cl)cc3)o2)C(=O)N1CCOc1ccc(F)cc1. The summed E-state index contributed by atoms with van der Waals surface area (Å²) in [6.07, 6.45) is 1.55. The fraction of sp³-hybridized carbons (Fsp3) is 0.0909. The van der Waals surface area contributed by atoms with Crippen LogP contribution in [0, 0.1) is 5.82 Å². The van der Waals surface area contributed by atoms with Gasteiger partial charge in [0.05, 0.1) is 11.4 Å². The van der Waals surface area contributed by atoms with Gasteiger partial charge in [0.25, 0.3) is 11.1 Å². The minimum Gasteiger partial charge on any atom is -0.492 e. The van der Waals surface area contributed by atoms with Crippen LogP contribution in [0.15, 0.2) is 70.0 Å². The van der Waals surface area contributed by atoms with Gasteiger partial charge in [0, 0.05) is 16.7 Å². The predicted molar refractivity (Wildman–Crippen MR) is 114 cm³/mol. The van der Waals surface area contributed by atoms with Crippen molar-refractivity contribution in [3.05, 3.63) is 82.2 Å². The number of imide groups is 1. The van der Waals surface area contributed by atoms with Crippen molar-refractivity contribution in [1.29, 1.82) is 0 Å². The van der Waals surface area contributed by atoms with E-state index < -0.39 is 5.91 Å². The molecular weight excluding hydrogens is 429 g/mol. The first-order valence-electron chi connectivity index (χ1n) is 8.99. The molecule has 1 saturated heterocycles. The number of rotatable bonds is 6. The number of hydrogen-bond acceptors (Lipinski definition) is 5. The Labute approximate surface area is 181 Å². The van der Waals surface area contributed by atoms with Gasteiger partial charge in [-0.2, -0.15) is 0 Å². The van der Waals surface area contributed by atoms with Gasteiger partial charge in [0.1, 0.15) is 29.7 Å². The van der Waals surface area contributed by atoms with Crippen LogP contribution in [-0.4, -0.2) is 29.2 Å². The van der Waals surface area contributed by atoms with E-state index >= 15 is 0 Å². The van der Waals surface area contributed by atoms with Gasteiger partial charge >= 0.3 is 0 Å². The Hall–Kier alpha value is -3.03. The highest BCUT2D eigenvalue weighted by molar-refractivity contribution is 8.18. The molecule has 2 amide bonds. The average Bonchev–Trinajstić information content (AvgIpc) is 3.30. The van der Waals surface area contributed by atoms with E-state index in [1.54, 1.807) is 30.3 Å². The molecule has 1 aliphatic heterocycles. The number of carbonyl (C=O) groups excluding carboxylic acids is 2. The van der Waals surface area contributed by atoms with E-state index in [9.17, 15) is 14.0 Å². The van der Waals surface area contributed by atoms with E-state index in [4.69, 9.17) is 20.8 Å². The summed E-state index contributed by atoms with van der Waals surface area (Å²) in [4.78, 5) is 26.2. The maximum Gasteiger partial charge on any atom is 0.293 e. The second kappa shape index (κ2) is 8.77. The van der Waals surface area contributed by atoms with Crippen molar-refractivity contribution in [2.24, 2.45) is 0 Å². The molecule has 5 nitrogen and oxygen atoms in total. The highest BCUT2D eigenvalue weighted by Crippen LogP contribution is 2.33. The van der Waals surface area contributed by atoms with E-state index in [0.717, 1.165) is 22.2 Å². The molecule has 8 heteroatoms. The number of nitrogens with zero attached hydrogens (tertiary/aromatic N) is 1. The summed E-state index contributed by atoms with van der Waals surface area (Å²) in [7, 11) is 0. The first kappa shape index (κ1) is 20.3. The molecule has 1 aliphatic rings. The molecule has 0 radical (unpaired) electrons. The molecule has 2 heterocycles. The van der Waals surface area contributed by atoms with Crippen molar-refractivity contribution in [2.75, 3.05) is 13.2 Å². The van der Waals surface area contributed by atoms with Gasteiger partial charge in [0.2, 0.25) is 0 Å². The highest BCUT2D eigenvalue weighted by atomic mass is 35.5. The fourth-order valence-corrected chi connectivity index (χ4v) is 3.78. The zero-order valence-electron chi connectivity index (χ0n) is 15.5. The molecule has 152 valence electrons. The van der Waals surface area contributed by atoms with Gasteiger partial charge < -0.3 is 9.15 Å². The maximum absolute atomic E-state index is 12.9. The van der Waals surface area contributed by atoms with Crippen LogP contribution in [-0.2, 0) is 4.79 Å². The number of carbonyl (C=O) groups is 2. The standard InChI is InChI=1S/C22H15ClFNO4S/c23-15-3-1-14(2-4-15)19-10-9-18(29-19)13-20-21(26)25(22(27)30-20)11-12-28-17-7-5-16(24)6-8-17/h1-10,13H,11-12H2/b20-13-. The Morgan fingerprint density at radius 3 is 2.50 bits per heavy atom. The van der Waals surface area contributed by atoms with Crippen LogP contribution in [0.2, 0.25) is 5.02 Å². The highest BCUT2D eigenvalue weighted by Gasteiger charge is 2.35. The topological polar surface area (TPSA) is 59.8 Å². The van der Waals surface area contributed by atoms with Gasteiger partial charge in [-0.05, 0) is 72.4 Å². The molecule has 0 bridgehead atoms. The van der Waals surface area contributed by atoms with E-state index in [1.807, 2.05) is 12.1 Å². The summed E-state index contributed by atoms with van der Waals surface area (Å²) in [5.74, 6) is 0.787. The summed E-state index contributed by atoms with van der Waals surface area (Å²) in [5, 5.41) is 0.251. The van der Waals surface area contributed by atoms with E-state index in [0.29, 0.717) is 22.3 Å². The molecule has 4 rings (SSSR count). The number of amides is 2. The third-order valence-electron chi connectivity index (χ3n) is 4.30. The Morgan fingerprint density at radius 1 is 1.03 bits per heavy atom. The number of halogens is 2. The van der Waals surface area contributed by atoms with Crippen LogP contribution in [0.5, 0.6) is 5.75 Å². The zero-order chi connectivity index (χ0) is 21.1. The number of ether oxygens (including phenoxy) is 1. The summed E-state index contributed by atoms with van der Waals surface area (Å²) in [5.41, 5.74) is 0.852. The predicted octanol–water partition coefficient (Wildman–Crippen LogP) is 5.85. The number of benzene rings is 2. The van der Waals surface area contributed by atoms with Gasteiger partial charge in [-0.15, -0.1) is 0 Å². The van der Waals surface area contributed by atoms with Crippen molar-refractivity contribution in [3.8, 4) is 17.1 Å². The second-order valence-electron chi connectivity index (χ2n) is 6.34.